The highest BCUT2D eigenvalue weighted by Crippen LogP contribution is 2.31. The van der Waals surface area contributed by atoms with E-state index >= 15 is 0 Å². The molecule has 0 aromatic rings. The van der Waals surface area contributed by atoms with Crippen molar-refractivity contribution in [3.8, 4) is 0 Å². The van der Waals surface area contributed by atoms with Gasteiger partial charge in [0, 0.05) is 0 Å². The minimum absolute atomic E-state index is 0.259. The maximum absolute atomic E-state index is 12.3. The second-order valence-electron chi connectivity index (χ2n) is 6.29. The smallest absolute Gasteiger partial charge is 0.413 e. The Bertz CT molecular complexity index is 416. The Hall–Kier alpha value is -1.29. The van der Waals surface area contributed by atoms with Gasteiger partial charge in [0.2, 0.25) is 0 Å². The molecule has 0 spiro atoms. The predicted octanol–water partition coefficient (Wildman–Crippen LogP) is 2.45. The number of carbonyl (C=O) groups excluding carboxylic acids is 1. The van der Waals surface area contributed by atoms with E-state index in [1.807, 2.05) is 6.92 Å². The van der Waals surface area contributed by atoms with E-state index in [1.54, 1.807) is 40.7 Å². The van der Waals surface area contributed by atoms with Crippen LogP contribution in [0.15, 0.2) is 17.9 Å². The first-order valence-electron chi connectivity index (χ1n) is 6.80. The Labute approximate surface area is 120 Å². The van der Waals surface area contributed by atoms with Crippen molar-refractivity contribution in [2.75, 3.05) is 6.61 Å². The average Bonchev–Trinajstić information content (AvgIpc) is 2.59. The molecule has 0 aromatic carbocycles. The van der Waals surface area contributed by atoms with Crippen LogP contribution in [-0.4, -0.2) is 46.2 Å². The van der Waals surface area contributed by atoms with E-state index in [9.17, 15) is 9.90 Å². The number of amides is 1. The molecule has 0 bridgehead atoms. The molecule has 114 valence electrons. The standard InChI is InChI=1S/C15H25NO4/c1-7-8-9-12(17)11-10-19-15(5,6)16(11)13(18)20-14(2,3)4/h7,9,11-12,17H,10H2,1-6H3/t8?,11-,12-/m1/s1. The molecule has 0 radical (unpaired) electrons. The van der Waals surface area contributed by atoms with Crippen molar-refractivity contribution in [2.45, 2.75) is 65.0 Å². The van der Waals surface area contributed by atoms with Crippen LogP contribution in [0.3, 0.4) is 0 Å². The minimum Gasteiger partial charge on any atom is -0.444 e. The maximum Gasteiger partial charge on any atom is 0.413 e. The zero-order valence-electron chi connectivity index (χ0n) is 13.1. The highest BCUT2D eigenvalue weighted by Gasteiger charge is 2.47. The van der Waals surface area contributed by atoms with Gasteiger partial charge in [-0.2, -0.15) is 0 Å². The van der Waals surface area contributed by atoms with E-state index < -0.39 is 29.6 Å². The van der Waals surface area contributed by atoms with Gasteiger partial charge in [0.1, 0.15) is 17.4 Å². The molecule has 1 amide bonds. The van der Waals surface area contributed by atoms with E-state index in [0.29, 0.717) is 0 Å². The lowest BCUT2D eigenvalue weighted by Crippen LogP contribution is -2.52. The molecule has 2 atom stereocenters. The lowest BCUT2D eigenvalue weighted by atomic mass is 10.1. The number of aliphatic hydroxyl groups is 1. The van der Waals surface area contributed by atoms with Gasteiger partial charge in [-0.3, -0.25) is 4.90 Å². The lowest BCUT2D eigenvalue weighted by Gasteiger charge is -2.35. The van der Waals surface area contributed by atoms with Crippen LogP contribution in [0, 0.1) is 0 Å². The van der Waals surface area contributed by atoms with Gasteiger partial charge in [0.05, 0.1) is 12.6 Å². The SMILES string of the molecule is CC=C=C[C@@H](O)[C@H]1COC(C)(C)N1C(=O)OC(C)(C)C. The van der Waals surface area contributed by atoms with E-state index in [1.165, 1.54) is 11.0 Å². The molecule has 1 N–H and O–H groups in total. The van der Waals surface area contributed by atoms with Crippen LogP contribution in [-0.2, 0) is 9.47 Å². The normalized spacial score (nSPS) is 22.9. The number of hydrogen-bond donors (Lipinski definition) is 1. The lowest BCUT2D eigenvalue weighted by molar-refractivity contribution is -0.0660. The third-order valence-electron chi connectivity index (χ3n) is 2.94. The van der Waals surface area contributed by atoms with Gasteiger partial charge in [-0.1, -0.05) is 0 Å². The van der Waals surface area contributed by atoms with Crippen LogP contribution in [0.1, 0.15) is 41.5 Å². The number of hydrogen-bond acceptors (Lipinski definition) is 4. The molecule has 5 heteroatoms. The summed E-state index contributed by atoms with van der Waals surface area (Å²) in [5.41, 5.74) is 1.43. The molecule has 20 heavy (non-hydrogen) atoms. The summed E-state index contributed by atoms with van der Waals surface area (Å²) in [4.78, 5) is 13.8. The number of aliphatic hydroxyl groups excluding tert-OH is 1. The molecule has 1 aliphatic heterocycles. The topological polar surface area (TPSA) is 59.0 Å². The molecule has 1 saturated heterocycles. The summed E-state index contributed by atoms with van der Waals surface area (Å²) >= 11 is 0. The van der Waals surface area contributed by atoms with Crippen LogP contribution in [0.2, 0.25) is 0 Å². The van der Waals surface area contributed by atoms with Gasteiger partial charge in [0.15, 0.2) is 0 Å². The quantitative estimate of drug-likeness (QED) is 0.791. The van der Waals surface area contributed by atoms with Crippen molar-refractivity contribution in [3.63, 3.8) is 0 Å². The first kappa shape index (κ1) is 16.8. The number of nitrogens with zero attached hydrogens (tertiary/aromatic N) is 1. The fraction of sp³-hybridized carbons (Fsp3) is 0.733. The van der Waals surface area contributed by atoms with Crippen LogP contribution >= 0.6 is 0 Å². The average molecular weight is 283 g/mol. The summed E-state index contributed by atoms with van der Waals surface area (Å²) in [6, 6.07) is -0.479. The molecule has 5 nitrogen and oxygen atoms in total. The van der Waals surface area contributed by atoms with Crippen molar-refractivity contribution in [3.05, 3.63) is 17.9 Å². The molecular weight excluding hydrogens is 258 g/mol. The summed E-state index contributed by atoms with van der Waals surface area (Å²) in [6.45, 7) is 11.0. The fourth-order valence-corrected chi connectivity index (χ4v) is 2.06. The molecule has 0 unspecified atom stereocenters. The first-order chi connectivity index (χ1) is 9.08. The Morgan fingerprint density at radius 2 is 2.15 bits per heavy atom. The molecule has 0 saturated carbocycles. The van der Waals surface area contributed by atoms with E-state index in [-0.39, 0.29) is 6.61 Å². The second kappa shape index (κ2) is 6.00. The van der Waals surface area contributed by atoms with Crippen LogP contribution in [0.4, 0.5) is 4.79 Å². The Balaban J connectivity index is 2.96. The Morgan fingerprint density at radius 3 is 2.65 bits per heavy atom. The molecule has 0 aliphatic carbocycles. The highest BCUT2D eigenvalue weighted by molar-refractivity contribution is 5.70. The minimum atomic E-state index is -0.847. The number of carbonyl (C=O) groups is 1. The van der Waals surface area contributed by atoms with Crippen LogP contribution in [0.25, 0.3) is 0 Å². The van der Waals surface area contributed by atoms with Crippen molar-refractivity contribution in [2.24, 2.45) is 0 Å². The van der Waals surface area contributed by atoms with Crippen molar-refractivity contribution in [1.29, 1.82) is 0 Å². The van der Waals surface area contributed by atoms with Gasteiger partial charge in [-0.25, -0.2) is 4.79 Å². The van der Waals surface area contributed by atoms with Crippen molar-refractivity contribution < 1.29 is 19.4 Å². The van der Waals surface area contributed by atoms with Gasteiger partial charge in [-0.15, -0.1) is 5.73 Å². The van der Waals surface area contributed by atoms with Crippen LogP contribution in [0.5, 0.6) is 0 Å². The summed E-state index contributed by atoms with van der Waals surface area (Å²) in [5, 5.41) is 10.2. The van der Waals surface area contributed by atoms with E-state index in [4.69, 9.17) is 9.47 Å². The summed E-state index contributed by atoms with van der Waals surface area (Å²) in [5.74, 6) is 0. The van der Waals surface area contributed by atoms with Gasteiger partial charge in [-0.05, 0) is 53.7 Å². The number of rotatable bonds is 2. The maximum atomic E-state index is 12.3. The number of ether oxygens (including phenoxy) is 2. The van der Waals surface area contributed by atoms with Gasteiger partial charge < -0.3 is 14.6 Å². The molecule has 0 aromatic heterocycles. The van der Waals surface area contributed by atoms with E-state index in [2.05, 4.69) is 5.73 Å². The van der Waals surface area contributed by atoms with Crippen LogP contribution < -0.4 is 0 Å². The zero-order valence-corrected chi connectivity index (χ0v) is 13.1. The largest absolute Gasteiger partial charge is 0.444 e. The zero-order chi connectivity index (χ0) is 15.6. The van der Waals surface area contributed by atoms with Gasteiger partial charge in [0.25, 0.3) is 0 Å². The fourth-order valence-electron chi connectivity index (χ4n) is 2.06. The molecule has 1 heterocycles. The van der Waals surface area contributed by atoms with Crippen molar-refractivity contribution in [1.82, 2.24) is 4.90 Å². The highest BCUT2D eigenvalue weighted by atomic mass is 16.6. The predicted molar refractivity (Wildman–Crippen MR) is 76.2 cm³/mol. The molecule has 1 rings (SSSR count). The van der Waals surface area contributed by atoms with Gasteiger partial charge >= 0.3 is 6.09 Å². The Morgan fingerprint density at radius 1 is 1.55 bits per heavy atom. The summed E-state index contributed by atoms with van der Waals surface area (Å²) < 4.78 is 11.0. The van der Waals surface area contributed by atoms with E-state index in [0.717, 1.165) is 0 Å². The summed E-state index contributed by atoms with van der Waals surface area (Å²) in [7, 11) is 0. The Kier molecular flexibility index (Phi) is 5.03. The molecule has 1 fully saturated rings. The molecular formula is C15H25NO4. The monoisotopic (exact) mass is 283 g/mol. The first-order valence-corrected chi connectivity index (χ1v) is 6.80. The van der Waals surface area contributed by atoms with Crippen molar-refractivity contribution >= 4 is 6.09 Å². The third kappa shape index (κ3) is 4.10. The summed E-state index contributed by atoms with van der Waals surface area (Å²) in [6.07, 6.45) is 1.88. The molecule has 1 aliphatic rings. The second-order valence-corrected chi connectivity index (χ2v) is 6.29. The third-order valence-corrected chi connectivity index (χ3v) is 2.94.